The molecule has 0 N–H and O–H groups in total. The standard InChI is InChI=1S/C24H22O8/c1-31-17-5-9(25)3-15-19(17)23(29)13-8-14-12(7-11(13)21(15)27)22(28)16-4-10(26)6-18(32-2)20(16)24(14)30/h7-8,15-20H,3-6H2,1-2H3. The topological polar surface area (TPSA) is 121 Å². The number of hydrogen-bond acceptors (Lipinski definition) is 8. The summed E-state index contributed by atoms with van der Waals surface area (Å²) >= 11 is 0. The Hall–Kier alpha value is -2.84. The molecule has 6 atom stereocenters. The molecule has 0 aromatic heterocycles. The summed E-state index contributed by atoms with van der Waals surface area (Å²) in [6.07, 6.45) is -1.39. The number of carbonyl (C=O) groups is 6. The average Bonchev–Trinajstić information content (AvgIpc) is 2.78. The number of carbonyl (C=O) groups excluding carboxylic acids is 6. The fraction of sp³-hybridized carbons (Fsp3) is 0.500. The SMILES string of the molecule is COC1CC(=O)CC2C(=O)c3cc4c(cc3C(=O)C12)C(=O)C1C(OC)CC(=O)CC1C4=O. The van der Waals surface area contributed by atoms with Gasteiger partial charge in [-0.05, 0) is 12.1 Å². The van der Waals surface area contributed by atoms with Crippen LogP contribution in [0.4, 0.5) is 0 Å². The summed E-state index contributed by atoms with van der Waals surface area (Å²) in [5, 5.41) is 0. The molecule has 8 heteroatoms. The Labute approximate surface area is 183 Å². The van der Waals surface area contributed by atoms with Crippen molar-refractivity contribution in [2.24, 2.45) is 23.7 Å². The monoisotopic (exact) mass is 438 g/mol. The molecule has 4 aliphatic carbocycles. The van der Waals surface area contributed by atoms with E-state index in [-0.39, 0.29) is 82.6 Å². The smallest absolute Gasteiger partial charge is 0.170 e. The van der Waals surface area contributed by atoms with E-state index >= 15 is 0 Å². The zero-order valence-corrected chi connectivity index (χ0v) is 17.7. The predicted molar refractivity (Wildman–Crippen MR) is 108 cm³/mol. The van der Waals surface area contributed by atoms with Crippen LogP contribution in [0.2, 0.25) is 0 Å². The first-order valence-electron chi connectivity index (χ1n) is 10.7. The Morgan fingerprint density at radius 3 is 1.25 bits per heavy atom. The van der Waals surface area contributed by atoms with Gasteiger partial charge in [-0.3, -0.25) is 28.8 Å². The predicted octanol–water partition coefficient (Wildman–Crippen LogP) is 1.67. The molecule has 0 bridgehead atoms. The Morgan fingerprint density at radius 2 is 0.906 bits per heavy atom. The van der Waals surface area contributed by atoms with E-state index in [1.807, 2.05) is 0 Å². The number of ether oxygens (including phenoxy) is 2. The number of rotatable bonds is 2. The van der Waals surface area contributed by atoms with Gasteiger partial charge >= 0.3 is 0 Å². The lowest BCUT2D eigenvalue weighted by atomic mass is 9.62. The first kappa shape index (κ1) is 21.0. The summed E-state index contributed by atoms with van der Waals surface area (Å²) in [4.78, 5) is 77.6. The van der Waals surface area contributed by atoms with Gasteiger partial charge in [0.25, 0.3) is 0 Å². The number of Topliss-reactive ketones (excluding diaryl/α,β-unsaturated/α-hetero) is 6. The van der Waals surface area contributed by atoms with Gasteiger partial charge in [0.2, 0.25) is 0 Å². The van der Waals surface area contributed by atoms with Crippen LogP contribution >= 0.6 is 0 Å². The summed E-state index contributed by atoms with van der Waals surface area (Å²) < 4.78 is 10.7. The molecule has 8 nitrogen and oxygen atoms in total. The third-order valence-electron chi connectivity index (χ3n) is 7.53. The third kappa shape index (κ3) is 2.82. The Balaban J connectivity index is 1.65. The van der Waals surface area contributed by atoms with Crippen LogP contribution in [-0.4, -0.2) is 61.1 Å². The lowest BCUT2D eigenvalue weighted by molar-refractivity contribution is -0.127. The molecule has 32 heavy (non-hydrogen) atoms. The lowest BCUT2D eigenvalue weighted by Crippen LogP contribution is -2.50. The minimum Gasteiger partial charge on any atom is -0.380 e. The second kappa shape index (κ2) is 7.35. The summed E-state index contributed by atoms with van der Waals surface area (Å²) in [7, 11) is 2.80. The summed E-state index contributed by atoms with van der Waals surface area (Å²) in [5.41, 5.74) is 0.299. The number of methoxy groups -OCH3 is 2. The molecule has 1 aromatic rings. The Morgan fingerprint density at radius 1 is 0.562 bits per heavy atom. The second-order valence-corrected chi connectivity index (χ2v) is 9.11. The molecule has 2 fully saturated rings. The van der Waals surface area contributed by atoms with Crippen molar-refractivity contribution in [1.29, 1.82) is 0 Å². The van der Waals surface area contributed by atoms with Crippen molar-refractivity contribution in [1.82, 2.24) is 0 Å². The van der Waals surface area contributed by atoms with Gasteiger partial charge < -0.3 is 9.47 Å². The molecular weight excluding hydrogens is 416 g/mol. The number of benzene rings is 1. The van der Waals surface area contributed by atoms with Crippen molar-refractivity contribution in [2.75, 3.05) is 14.2 Å². The van der Waals surface area contributed by atoms with E-state index in [9.17, 15) is 28.8 Å². The molecule has 0 radical (unpaired) electrons. The van der Waals surface area contributed by atoms with E-state index in [4.69, 9.17) is 9.47 Å². The molecule has 0 amide bonds. The fourth-order valence-corrected chi connectivity index (χ4v) is 5.98. The van der Waals surface area contributed by atoms with E-state index in [0.717, 1.165) is 0 Å². The largest absolute Gasteiger partial charge is 0.380 e. The summed E-state index contributed by atoms with van der Waals surface area (Å²) in [5.74, 6) is -5.05. The molecule has 0 spiro atoms. The quantitative estimate of drug-likeness (QED) is 0.684. The van der Waals surface area contributed by atoms with Gasteiger partial charge in [0, 0.05) is 74.0 Å². The van der Waals surface area contributed by atoms with Crippen molar-refractivity contribution < 1.29 is 38.2 Å². The highest BCUT2D eigenvalue weighted by atomic mass is 16.5. The van der Waals surface area contributed by atoms with Crippen LogP contribution in [0.1, 0.15) is 67.1 Å². The molecular formula is C24H22O8. The lowest BCUT2D eigenvalue weighted by Gasteiger charge is -2.40. The third-order valence-corrected chi connectivity index (χ3v) is 7.53. The van der Waals surface area contributed by atoms with Crippen LogP contribution < -0.4 is 0 Å². The van der Waals surface area contributed by atoms with Gasteiger partial charge in [0.1, 0.15) is 11.6 Å². The molecule has 4 aliphatic rings. The molecule has 0 aliphatic heterocycles. The van der Waals surface area contributed by atoms with E-state index in [2.05, 4.69) is 0 Å². The van der Waals surface area contributed by atoms with E-state index in [1.54, 1.807) is 0 Å². The number of ketones is 6. The number of hydrogen-bond donors (Lipinski definition) is 0. The van der Waals surface area contributed by atoms with Crippen molar-refractivity contribution in [2.45, 2.75) is 37.9 Å². The maximum absolute atomic E-state index is 13.4. The normalized spacial score (nSPS) is 34.1. The maximum Gasteiger partial charge on any atom is 0.170 e. The van der Waals surface area contributed by atoms with Crippen molar-refractivity contribution >= 4 is 34.7 Å². The first-order chi connectivity index (χ1) is 15.3. The van der Waals surface area contributed by atoms with Crippen molar-refractivity contribution in [3.63, 3.8) is 0 Å². The molecule has 0 heterocycles. The van der Waals surface area contributed by atoms with Crippen molar-refractivity contribution in [3.8, 4) is 0 Å². The van der Waals surface area contributed by atoms with Gasteiger partial charge in [0.05, 0.1) is 24.0 Å². The van der Waals surface area contributed by atoms with Gasteiger partial charge in [-0.25, -0.2) is 0 Å². The van der Waals surface area contributed by atoms with Gasteiger partial charge in [-0.15, -0.1) is 0 Å². The number of fused-ring (bicyclic) bond motifs is 4. The maximum atomic E-state index is 13.4. The highest BCUT2D eigenvalue weighted by Gasteiger charge is 2.53. The van der Waals surface area contributed by atoms with Crippen LogP contribution in [0.15, 0.2) is 12.1 Å². The molecule has 5 rings (SSSR count). The van der Waals surface area contributed by atoms with Crippen molar-refractivity contribution in [3.05, 3.63) is 34.4 Å². The molecule has 0 saturated heterocycles. The first-order valence-corrected chi connectivity index (χ1v) is 10.7. The molecule has 1 aromatic carbocycles. The fourth-order valence-electron chi connectivity index (χ4n) is 5.98. The van der Waals surface area contributed by atoms with Gasteiger partial charge in [0.15, 0.2) is 23.1 Å². The van der Waals surface area contributed by atoms with E-state index in [0.29, 0.717) is 0 Å². The van der Waals surface area contributed by atoms with E-state index < -0.39 is 35.9 Å². The van der Waals surface area contributed by atoms with E-state index in [1.165, 1.54) is 26.4 Å². The van der Waals surface area contributed by atoms with Crippen LogP contribution in [0.3, 0.4) is 0 Å². The van der Waals surface area contributed by atoms with Gasteiger partial charge in [-0.2, -0.15) is 0 Å². The molecule has 166 valence electrons. The zero-order valence-electron chi connectivity index (χ0n) is 17.7. The van der Waals surface area contributed by atoms with Crippen LogP contribution in [-0.2, 0) is 19.1 Å². The second-order valence-electron chi connectivity index (χ2n) is 9.11. The molecule has 2 saturated carbocycles. The highest BCUT2D eigenvalue weighted by Crippen LogP contribution is 2.44. The summed E-state index contributed by atoms with van der Waals surface area (Å²) in [6, 6.07) is 2.67. The minimum absolute atomic E-state index is 0.0484. The zero-order chi connectivity index (χ0) is 22.9. The van der Waals surface area contributed by atoms with Crippen LogP contribution in [0.25, 0.3) is 0 Å². The highest BCUT2D eigenvalue weighted by molar-refractivity contribution is 6.23. The Kier molecular flexibility index (Phi) is 4.83. The summed E-state index contributed by atoms with van der Waals surface area (Å²) in [6.45, 7) is 0. The Bertz CT molecular complexity index is 1030. The average molecular weight is 438 g/mol. The minimum atomic E-state index is -0.837. The molecule has 6 unspecified atom stereocenters. The van der Waals surface area contributed by atoms with Crippen LogP contribution in [0, 0.1) is 23.7 Å². The van der Waals surface area contributed by atoms with Crippen LogP contribution in [0.5, 0.6) is 0 Å². The van der Waals surface area contributed by atoms with Gasteiger partial charge in [-0.1, -0.05) is 0 Å².